The highest BCUT2D eigenvalue weighted by molar-refractivity contribution is 5.97. The van der Waals surface area contributed by atoms with E-state index in [1.54, 1.807) is 24.7 Å². The van der Waals surface area contributed by atoms with Crippen LogP contribution in [-0.2, 0) is 0 Å². The van der Waals surface area contributed by atoms with Crippen molar-refractivity contribution in [2.45, 2.75) is 6.42 Å². The van der Waals surface area contributed by atoms with Gasteiger partial charge in [-0.3, -0.25) is 9.78 Å². The van der Waals surface area contributed by atoms with Crippen LogP contribution in [0.1, 0.15) is 16.8 Å². The molecule has 2 rings (SSSR count). The summed E-state index contributed by atoms with van der Waals surface area (Å²) < 4.78 is 0. The molecule has 1 unspecified atom stereocenters. The number of rotatable bonds is 3. The molecule has 1 aliphatic heterocycles. The second-order valence-electron chi connectivity index (χ2n) is 3.77. The molecule has 0 amide bonds. The van der Waals surface area contributed by atoms with E-state index in [-0.39, 0.29) is 11.7 Å². The van der Waals surface area contributed by atoms with Gasteiger partial charge in [0.05, 0.1) is 0 Å². The van der Waals surface area contributed by atoms with Gasteiger partial charge in [0.15, 0.2) is 5.78 Å². The summed E-state index contributed by atoms with van der Waals surface area (Å²) in [7, 11) is 0. The van der Waals surface area contributed by atoms with Gasteiger partial charge in [-0.1, -0.05) is 6.58 Å². The minimum atomic E-state index is 0.104. The largest absolute Gasteiger partial charge is 0.377 e. The molecule has 1 aromatic heterocycles. The van der Waals surface area contributed by atoms with Crippen molar-refractivity contribution in [1.82, 2.24) is 9.88 Å². The van der Waals surface area contributed by atoms with E-state index in [1.807, 2.05) is 6.07 Å². The van der Waals surface area contributed by atoms with Crippen LogP contribution in [-0.4, -0.2) is 28.8 Å². The van der Waals surface area contributed by atoms with Gasteiger partial charge in [0.25, 0.3) is 0 Å². The lowest BCUT2D eigenvalue weighted by Crippen LogP contribution is -2.19. The first-order chi connectivity index (χ1) is 7.31. The Balaban J connectivity index is 2.07. The van der Waals surface area contributed by atoms with Crippen molar-refractivity contribution in [3.8, 4) is 0 Å². The Hall–Kier alpha value is -1.64. The van der Waals surface area contributed by atoms with Gasteiger partial charge < -0.3 is 4.90 Å². The van der Waals surface area contributed by atoms with Crippen LogP contribution >= 0.6 is 0 Å². The summed E-state index contributed by atoms with van der Waals surface area (Å²) in [5, 5.41) is 0. The zero-order valence-corrected chi connectivity index (χ0v) is 8.60. The van der Waals surface area contributed by atoms with E-state index in [4.69, 9.17) is 0 Å². The Kier molecular flexibility index (Phi) is 2.81. The number of hydrogen-bond donors (Lipinski definition) is 0. The predicted octanol–water partition coefficient (Wildman–Crippen LogP) is 1.73. The van der Waals surface area contributed by atoms with Gasteiger partial charge in [-0.05, 0) is 24.8 Å². The van der Waals surface area contributed by atoms with Gasteiger partial charge in [0.1, 0.15) is 0 Å². The van der Waals surface area contributed by atoms with E-state index in [0.717, 1.165) is 19.5 Å². The van der Waals surface area contributed by atoms with Crippen molar-refractivity contribution < 1.29 is 4.79 Å². The summed E-state index contributed by atoms with van der Waals surface area (Å²) >= 11 is 0. The molecule has 15 heavy (non-hydrogen) atoms. The Morgan fingerprint density at radius 3 is 3.13 bits per heavy atom. The van der Waals surface area contributed by atoms with E-state index in [2.05, 4.69) is 16.5 Å². The first-order valence-electron chi connectivity index (χ1n) is 5.12. The third-order valence-corrected chi connectivity index (χ3v) is 2.79. The number of hydrogen-bond acceptors (Lipinski definition) is 3. The van der Waals surface area contributed by atoms with E-state index < -0.39 is 0 Å². The van der Waals surface area contributed by atoms with Gasteiger partial charge in [-0.15, -0.1) is 0 Å². The molecular formula is C12H14N2O. The normalized spacial score (nSPS) is 20.3. The molecule has 0 bridgehead atoms. The minimum Gasteiger partial charge on any atom is -0.377 e. The molecule has 1 saturated heterocycles. The molecule has 0 aromatic carbocycles. The molecule has 1 aromatic rings. The second-order valence-corrected chi connectivity index (χ2v) is 3.77. The molecule has 3 heteroatoms. The fraction of sp³-hybridized carbons (Fsp3) is 0.333. The lowest BCUT2D eigenvalue weighted by Gasteiger charge is -2.11. The summed E-state index contributed by atoms with van der Waals surface area (Å²) in [5.41, 5.74) is 0.716. The predicted molar refractivity (Wildman–Crippen MR) is 58.4 cm³/mol. The molecule has 0 saturated carbocycles. The maximum atomic E-state index is 12.0. The van der Waals surface area contributed by atoms with E-state index in [1.165, 1.54) is 0 Å². The fourth-order valence-electron chi connectivity index (χ4n) is 1.91. The van der Waals surface area contributed by atoms with Crippen LogP contribution in [0.3, 0.4) is 0 Å². The first-order valence-corrected chi connectivity index (χ1v) is 5.12. The summed E-state index contributed by atoms with van der Waals surface area (Å²) in [6, 6.07) is 3.62. The quantitative estimate of drug-likeness (QED) is 0.700. The monoisotopic (exact) mass is 202 g/mol. The third kappa shape index (κ3) is 2.06. The summed E-state index contributed by atoms with van der Waals surface area (Å²) in [6.45, 7) is 5.43. The fourth-order valence-corrected chi connectivity index (χ4v) is 1.91. The third-order valence-electron chi connectivity index (χ3n) is 2.79. The minimum absolute atomic E-state index is 0.104. The standard InChI is InChI=1S/C12H14N2O/c1-2-14-7-5-11(9-14)12(15)10-4-3-6-13-8-10/h2-4,6,8,11H,1,5,7,9H2. The van der Waals surface area contributed by atoms with Crippen LogP contribution in [0.2, 0.25) is 0 Å². The van der Waals surface area contributed by atoms with Crippen molar-refractivity contribution in [1.29, 1.82) is 0 Å². The molecule has 1 aliphatic rings. The maximum absolute atomic E-state index is 12.0. The molecule has 78 valence electrons. The van der Waals surface area contributed by atoms with E-state index in [9.17, 15) is 4.79 Å². The number of Topliss-reactive ketones (excluding diaryl/α,β-unsaturated/α-hetero) is 1. The number of aromatic nitrogens is 1. The SMILES string of the molecule is C=CN1CCC(C(=O)c2cccnc2)C1. The van der Waals surface area contributed by atoms with Crippen molar-refractivity contribution >= 4 is 5.78 Å². The number of carbonyl (C=O) groups excluding carboxylic acids is 1. The van der Waals surface area contributed by atoms with Crippen molar-refractivity contribution in [3.63, 3.8) is 0 Å². The smallest absolute Gasteiger partial charge is 0.169 e. The molecule has 0 radical (unpaired) electrons. The van der Waals surface area contributed by atoms with Crippen LogP contribution in [0.15, 0.2) is 37.3 Å². The van der Waals surface area contributed by atoms with Gasteiger partial charge in [0, 0.05) is 37.0 Å². The lowest BCUT2D eigenvalue weighted by molar-refractivity contribution is 0.0925. The van der Waals surface area contributed by atoms with Gasteiger partial charge in [-0.2, -0.15) is 0 Å². The van der Waals surface area contributed by atoms with Gasteiger partial charge >= 0.3 is 0 Å². The lowest BCUT2D eigenvalue weighted by atomic mass is 9.98. The summed E-state index contributed by atoms with van der Waals surface area (Å²) in [4.78, 5) is 18.1. The first kappa shape index (κ1) is 9.90. The van der Waals surface area contributed by atoms with Crippen LogP contribution in [0, 0.1) is 5.92 Å². The average molecular weight is 202 g/mol. The van der Waals surface area contributed by atoms with Gasteiger partial charge in [-0.25, -0.2) is 0 Å². The highest BCUT2D eigenvalue weighted by Gasteiger charge is 2.27. The topological polar surface area (TPSA) is 33.2 Å². The molecule has 2 heterocycles. The molecule has 1 atom stereocenters. The van der Waals surface area contributed by atoms with E-state index in [0.29, 0.717) is 5.56 Å². The zero-order chi connectivity index (χ0) is 10.7. The summed E-state index contributed by atoms with van der Waals surface area (Å²) in [6.07, 6.45) is 6.04. The van der Waals surface area contributed by atoms with Crippen LogP contribution in [0.5, 0.6) is 0 Å². The Morgan fingerprint density at radius 2 is 2.53 bits per heavy atom. The van der Waals surface area contributed by atoms with Gasteiger partial charge in [0.2, 0.25) is 0 Å². The van der Waals surface area contributed by atoms with Crippen LogP contribution in [0.4, 0.5) is 0 Å². The Morgan fingerprint density at radius 1 is 1.67 bits per heavy atom. The van der Waals surface area contributed by atoms with Crippen molar-refractivity contribution in [3.05, 3.63) is 42.9 Å². The average Bonchev–Trinajstić information content (AvgIpc) is 2.78. The number of nitrogens with zero attached hydrogens (tertiary/aromatic N) is 2. The molecule has 0 aliphatic carbocycles. The number of likely N-dealkylation sites (tertiary alicyclic amines) is 1. The number of ketones is 1. The Bertz CT molecular complexity index is 361. The van der Waals surface area contributed by atoms with E-state index >= 15 is 0 Å². The second kappa shape index (κ2) is 4.26. The Labute approximate surface area is 89.4 Å². The number of pyridine rings is 1. The number of carbonyl (C=O) groups is 1. The highest BCUT2D eigenvalue weighted by atomic mass is 16.1. The maximum Gasteiger partial charge on any atom is 0.169 e. The van der Waals surface area contributed by atoms with Crippen LogP contribution in [0.25, 0.3) is 0 Å². The molecule has 0 N–H and O–H groups in total. The van der Waals surface area contributed by atoms with Crippen molar-refractivity contribution in [2.24, 2.45) is 5.92 Å². The molecule has 3 nitrogen and oxygen atoms in total. The molecule has 0 spiro atoms. The van der Waals surface area contributed by atoms with Crippen molar-refractivity contribution in [2.75, 3.05) is 13.1 Å². The summed E-state index contributed by atoms with van der Waals surface area (Å²) in [5.74, 6) is 0.305. The zero-order valence-electron chi connectivity index (χ0n) is 8.60. The molecular weight excluding hydrogens is 188 g/mol. The molecule has 1 fully saturated rings. The highest BCUT2D eigenvalue weighted by Crippen LogP contribution is 2.20. The van der Waals surface area contributed by atoms with Crippen LogP contribution < -0.4 is 0 Å².